The second kappa shape index (κ2) is 5.10. The van der Waals surface area contributed by atoms with E-state index in [1.807, 2.05) is 30.4 Å². The van der Waals surface area contributed by atoms with Gasteiger partial charge in [0, 0.05) is 18.5 Å². The fourth-order valence-corrected chi connectivity index (χ4v) is 3.02. The molecule has 0 spiro atoms. The van der Waals surface area contributed by atoms with Crippen LogP contribution in [0.25, 0.3) is 10.4 Å². The van der Waals surface area contributed by atoms with Gasteiger partial charge in [0.25, 0.3) is 6.57 Å². The zero-order valence-corrected chi connectivity index (χ0v) is 11.7. The van der Waals surface area contributed by atoms with Crippen LogP contribution in [0.5, 0.6) is 0 Å². The summed E-state index contributed by atoms with van der Waals surface area (Å²) in [6, 6.07) is 10.1. The van der Waals surface area contributed by atoms with Crippen LogP contribution in [0.4, 0.5) is 4.79 Å². The molecule has 21 heavy (non-hydrogen) atoms. The van der Waals surface area contributed by atoms with Crippen LogP contribution in [0.1, 0.15) is 12.0 Å². The number of hydrogen-bond donors (Lipinski definition) is 0. The molecular weight excluding hydrogens is 264 g/mol. The molecule has 106 valence electrons. The fourth-order valence-electron chi connectivity index (χ4n) is 3.02. The van der Waals surface area contributed by atoms with Crippen molar-refractivity contribution in [3.8, 4) is 6.57 Å². The van der Waals surface area contributed by atoms with Crippen molar-refractivity contribution in [2.75, 3.05) is 13.2 Å². The highest BCUT2D eigenvalue weighted by Gasteiger charge is 2.58. The third-order valence-corrected chi connectivity index (χ3v) is 4.11. The van der Waals surface area contributed by atoms with Gasteiger partial charge in [0.15, 0.2) is 0 Å². The number of carbonyl (C=O) groups is 1. The zero-order chi connectivity index (χ0) is 14.9. The van der Waals surface area contributed by atoms with Crippen LogP contribution in [-0.2, 0) is 4.74 Å². The number of hydrogen-bond acceptors (Lipinski definition) is 2. The lowest BCUT2D eigenvalue weighted by Crippen LogP contribution is -2.48. The molecule has 1 fully saturated rings. The number of fused-ring (bicyclic) bond motifs is 1. The van der Waals surface area contributed by atoms with Crippen molar-refractivity contribution in [1.82, 2.24) is 4.90 Å². The number of nitrogens with zero attached hydrogens (tertiary/aromatic N) is 2. The topological polar surface area (TPSA) is 33.9 Å². The molecule has 3 rings (SSSR count). The summed E-state index contributed by atoms with van der Waals surface area (Å²) in [5.74, 6) is 0.172. The van der Waals surface area contributed by atoms with Crippen molar-refractivity contribution in [2.24, 2.45) is 5.92 Å². The van der Waals surface area contributed by atoms with Crippen LogP contribution in [-0.4, -0.2) is 29.8 Å². The summed E-state index contributed by atoms with van der Waals surface area (Å²) >= 11 is 0. The molecule has 4 heteroatoms. The third-order valence-electron chi connectivity index (χ3n) is 4.11. The lowest BCUT2D eigenvalue weighted by Gasteiger charge is -2.32. The molecule has 2 heterocycles. The molecule has 0 bridgehead atoms. The van der Waals surface area contributed by atoms with Gasteiger partial charge >= 0.3 is 11.8 Å². The van der Waals surface area contributed by atoms with Gasteiger partial charge in [-0.05, 0) is 22.4 Å². The number of carbonyl (C=O) groups excluding carboxylic acids is 1. The lowest BCUT2D eigenvalue weighted by atomic mass is 9.83. The second-order valence-corrected chi connectivity index (χ2v) is 5.36. The molecule has 4 nitrogen and oxygen atoms in total. The Morgan fingerprint density at radius 2 is 2.24 bits per heavy atom. The first-order chi connectivity index (χ1) is 10.2. The van der Waals surface area contributed by atoms with E-state index in [0.717, 1.165) is 17.6 Å². The van der Waals surface area contributed by atoms with Crippen LogP contribution in [0.15, 0.2) is 49.1 Å². The first-order valence-corrected chi connectivity index (χ1v) is 6.96. The summed E-state index contributed by atoms with van der Waals surface area (Å²) in [5.41, 5.74) is 1.38. The fraction of sp³-hybridized carbons (Fsp3) is 0.294. The Kier molecular flexibility index (Phi) is 3.26. The van der Waals surface area contributed by atoms with E-state index in [9.17, 15) is 4.79 Å². The average Bonchev–Trinajstić information content (AvgIpc) is 2.85. The van der Waals surface area contributed by atoms with E-state index in [1.54, 1.807) is 4.90 Å². The van der Waals surface area contributed by atoms with E-state index in [2.05, 4.69) is 23.6 Å². The molecule has 1 saturated heterocycles. The van der Waals surface area contributed by atoms with Crippen molar-refractivity contribution in [3.63, 3.8) is 0 Å². The molecule has 0 aromatic heterocycles. The van der Waals surface area contributed by atoms with Gasteiger partial charge in [-0.3, -0.25) is 0 Å². The third kappa shape index (κ3) is 2.11. The van der Waals surface area contributed by atoms with E-state index in [-0.39, 0.29) is 18.6 Å². The smallest absolute Gasteiger partial charge is 0.416 e. The van der Waals surface area contributed by atoms with Gasteiger partial charge < -0.3 is 4.74 Å². The minimum absolute atomic E-state index is 0.166. The molecule has 2 aliphatic heterocycles. The number of allylic oxidation sites excluding steroid dienone is 1. The Bertz CT molecular complexity index is 645. The molecule has 0 unspecified atom stereocenters. The highest BCUT2D eigenvalue weighted by atomic mass is 16.6. The van der Waals surface area contributed by atoms with Crippen LogP contribution >= 0.6 is 0 Å². The van der Waals surface area contributed by atoms with Crippen LogP contribution < -0.4 is 0 Å². The largest absolute Gasteiger partial charge is 0.438 e. The molecule has 2 atom stereocenters. The van der Waals surface area contributed by atoms with Gasteiger partial charge in [-0.2, -0.15) is 0 Å². The first kappa shape index (κ1) is 13.4. The van der Waals surface area contributed by atoms with E-state index in [1.165, 1.54) is 0 Å². The maximum absolute atomic E-state index is 11.9. The monoisotopic (exact) mass is 281 g/mol. The molecule has 0 N–H and O–H groups in total. The van der Waals surface area contributed by atoms with E-state index >= 15 is 0 Å². The standard InChI is InChI=1S/C17H17N2O2/c1-3-7-14-11-19-16(20)21-12-17(19,18-2)10-15(14)13-8-5-4-6-9-13/h2-6,8-10,14H,1,7,11-12H2/q+1/t14-,17-/m0/s1. The van der Waals surface area contributed by atoms with Crippen LogP contribution in [0, 0.1) is 12.5 Å². The van der Waals surface area contributed by atoms with Gasteiger partial charge in [-0.25, -0.2) is 9.69 Å². The molecule has 2 aliphatic rings. The van der Waals surface area contributed by atoms with Crippen molar-refractivity contribution >= 4 is 11.7 Å². The van der Waals surface area contributed by atoms with E-state index in [4.69, 9.17) is 11.3 Å². The van der Waals surface area contributed by atoms with Gasteiger partial charge in [0.1, 0.15) is 0 Å². The van der Waals surface area contributed by atoms with Crippen molar-refractivity contribution in [2.45, 2.75) is 12.1 Å². The zero-order valence-electron chi connectivity index (χ0n) is 11.7. The van der Waals surface area contributed by atoms with Crippen LogP contribution in [0.2, 0.25) is 0 Å². The molecule has 0 aliphatic carbocycles. The highest BCUT2D eigenvalue weighted by molar-refractivity contribution is 5.78. The minimum atomic E-state index is -0.875. The second-order valence-electron chi connectivity index (χ2n) is 5.36. The number of amides is 1. The van der Waals surface area contributed by atoms with E-state index in [0.29, 0.717) is 6.54 Å². The average molecular weight is 281 g/mol. The highest BCUT2D eigenvalue weighted by Crippen LogP contribution is 2.40. The maximum Gasteiger partial charge on any atom is 0.416 e. The molecule has 1 aromatic carbocycles. The summed E-state index contributed by atoms with van der Waals surface area (Å²) < 4.78 is 5.15. The normalized spacial score (nSPS) is 27.4. The van der Waals surface area contributed by atoms with Gasteiger partial charge in [0.05, 0.1) is 0 Å². The Labute approximate surface area is 124 Å². The van der Waals surface area contributed by atoms with Crippen LogP contribution in [0.3, 0.4) is 0 Å². The Morgan fingerprint density at radius 1 is 1.48 bits per heavy atom. The van der Waals surface area contributed by atoms with Gasteiger partial charge in [0.2, 0.25) is 6.61 Å². The maximum atomic E-state index is 11.9. The number of rotatable bonds is 3. The summed E-state index contributed by atoms with van der Waals surface area (Å²) in [5, 5.41) is 0. The first-order valence-electron chi connectivity index (χ1n) is 6.96. The molecule has 0 radical (unpaired) electrons. The summed E-state index contributed by atoms with van der Waals surface area (Å²) in [6.07, 6.45) is 4.26. The molecule has 0 saturated carbocycles. The summed E-state index contributed by atoms with van der Waals surface area (Å²) in [4.78, 5) is 17.4. The predicted octanol–water partition coefficient (Wildman–Crippen LogP) is 3.39. The summed E-state index contributed by atoms with van der Waals surface area (Å²) in [7, 11) is 0. The van der Waals surface area contributed by atoms with Crippen molar-refractivity contribution in [1.29, 1.82) is 0 Å². The number of ether oxygens (including phenoxy) is 1. The van der Waals surface area contributed by atoms with Crippen molar-refractivity contribution < 1.29 is 9.53 Å². The molecular formula is C17H17N2O2+. The quantitative estimate of drug-likeness (QED) is 0.796. The molecule has 1 aromatic rings. The summed E-state index contributed by atoms with van der Waals surface area (Å²) in [6.45, 7) is 10.1. The van der Waals surface area contributed by atoms with E-state index < -0.39 is 5.66 Å². The van der Waals surface area contributed by atoms with Crippen molar-refractivity contribution in [3.05, 3.63) is 59.5 Å². The number of cyclic esters (lactones) is 1. The van der Waals surface area contributed by atoms with Gasteiger partial charge in [-0.15, -0.1) is 6.58 Å². The lowest BCUT2D eigenvalue weighted by molar-refractivity contribution is 0.153. The number of benzene rings is 1. The minimum Gasteiger partial charge on any atom is -0.438 e. The Balaban J connectivity index is 2.10. The Morgan fingerprint density at radius 3 is 2.90 bits per heavy atom. The van der Waals surface area contributed by atoms with Gasteiger partial charge in [-0.1, -0.05) is 36.4 Å². The SMILES string of the molecule is C#[N+][C@@]12C=C(c3ccccc3)[C@@H](CC=C)CN1C(=O)OC2. The molecule has 1 amide bonds. The predicted molar refractivity (Wildman–Crippen MR) is 81.8 cm³/mol. The Hall–Kier alpha value is -2.54.